The van der Waals surface area contributed by atoms with Gasteiger partial charge in [-0.15, -0.1) is 0 Å². The molecule has 2 N–H and O–H groups in total. The summed E-state index contributed by atoms with van der Waals surface area (Å²) in [7, 11) is 2.30. The molecular weight excluding hydrogens is 196 g/mol. The smallest absolute Gasteiger partial charge is 0.0246 e. The van der Waals surface area contributed by atoms with Crippen LogP contribution < -0.4 is 5.73 Å². The van der Waals surface area contributed by atoms with Gasteiger partial charge in [0, 0.05) is 18.6 Å². The Morgan fingerprint density at radius 1 is 1.06 bits per heavy atom. The van der Waals surface area contributed by atoms with E-state index in [0.29, 0.717) is 6.04 Å². The van der Waals surface area contributed by atoms with Gasteiger partial charge in [-0.25, -0.2) is 0 Å². The molecule has 0 amide bonds. The van der Waals surface area contributed by atoms with Gasteiger partial charge >= 0.3 is 0 Å². The Labute approximate surface area is 101 Å². The fraction of sp³-hybridized carbons (Fsp3) is 1.00. The lowest BCUT2D eigenvalue weighted by molar-refractivity contribution is 0.104. The molecule has 0 aliphatic heterocycles. The molecule has 0 aromatic rings. The molecule has 0 bridgehead atoms. The highest BCUT2D eigenvalue weighted by molar-refractivity contribution is 4.90. The van der Waals surface area contributed by atoms with Gasteiger partial charge in [0.05, 0.1) is 0 Å². The van der Waals surface area contributed by atoms with E-state index in [1.807, 2.05) is 0 Å². The standard InChI is InChI=1S/C14H28N2/c1-11(12-8-9-12)16(2)14(10-15)13-6-4-3-5-7-13/h11-14H,3-10,15H2,1-2H3. The lowest BCUT2D eigenvalue weighted by Gasteiger charge is -2.39. The molecule has 2 fully saturated rings. The normalized spacial score (nSPS) is 27.0. The summed E-state index contributed by atoms with van der Waals surface area (Å²) < 4.78 is 0. The van der Waals surface area contributed by atoms with Crippen LogP contribution in [0, 0.1) is 11.8 Å². The fourth-order valence-corrected chi connectivity index (χ4v) is 3.42. The Bertz CT molecular complexity index is 207. The van der Waals surface area contributed by atoms with E-state index < -0.39 is 0 Å². The summed E-state index contributed by atoms with van der Waals surface area (Å²) in [5.74, 6) is 1.83. The molecule has 2 rings (SSSR count). The predicted molar refractivity (Wildman–Crippen MR) is 69.4 cm³/mol. The number of hydrogen-bond donors (Lipinski definition) is 1. The molecule has 0 aromatic carbocycles. The second-order valence-electron chi connectivity index (χ2n) is 5.94. The first-order valence-corrected chi connectivity index (χ1v) is 7.16. The van der Waals surface area contributed by atoms with Crippen LogP contribution >= 0.6 is 0 Å². The molecule has 2 heteroatoms. The van der Waals surface area contributed by atoms with Crippen molar-refractivity contribution in [2.75, 3.05) is 13.6 Å². The Morgan fingerprint density at radius 3 is 2.19 bits per heavy atom. The van der Waals surface area contributed by atoms with Crippen LogP contribution in [-0.4, -0.2) is 30.6 Å². The van der Waals surface area contributed by atoms with Crippen molar-refractivity contribution < 1.29 is 0 Å². The van der Waals surface area contributed by atoms with Crippen LogP contribution in [-0.2, 0) is 0 Å². The molecule has 94 valence electrons. The zero-order chi connectivity index (χ0) is 11.5. The second-order valence-corrected chi connectivity index (χ2v) is 5.94. The first kappa shape index (κ1) is 12.4. The summed E-state index contributed by atoms with van der Waals surface area (Å²) in [6.07, 6.45) is 9.98. The molecule has 2 aliphatic rings. The Balaban J connectivity index is 1.91. The predicted octanol–water partition coefficient (Wildman–Crippen LogP) is 2.62. The van der Waals surface area contributed by atoms with Crippen LogP contribution in [0.5, 0.6) is 0 Å². The van der Waals surface area contributed by atoms with Crippen LogP contribution in [0.4, 0.5) is 0 Å². The number of hydrogen-bond acceptors (Lipinski definition) is 2. The second kappa shape index (κ2) is 5.50. The number of nitrogens with two attached hydrogens (primary N) is 1. The lowest BCUT2D eigenvalue weighted by Crippen LogP contribution is -2.48. The molecule has 0 saturated heterocycles. The van der Waals surface area contributed by atoms with E-state index in [9.17, 15) is 0 Å². The number of rotatable bonds is 5. The van der Waals surface area contributed by atoms with Gasteiger partial charge in [0.1, 0.15) is 0 Å². The van der Waals surface area contributed by atoms with Crippen molar-refractivity contribution in [3.8, 4) is 0 Å². The lowest BCUT2D eigenvalue weighted by atomic mass is 9.83. The summed E-state index contributed by atoms with van der Waals surface area (Å²) in [4.78, 5) is 2.59. The van der Waals surface area contributed by atoms with Gasteiger partial charge in [0.25, 0.3) is 0 Å². The van der Waals surface area contributed by atoms with Gasteiger partial charge < -0.3 is 5.73 Å². The summed E-state index contributed by atoms with van der Waals surface area (Å²) in [6.45, 7) is 3.24. The van der Waals surface area contributed by atoms with Gasteiger partial charge in [0.2, 0.25) is 0 Å². The molecular formula is C14H28N2. The fourth-order valence-electron chi connectivity index (χ4n) is 3.42. The van der Waals surface area contributed by atoms with Crippen molar-refractivity contribution in [3.63, 3.8) is 0 Å². The minimum atomic E-state index is 0.635. The van der Waals surface area contributed by atoms with Crippen LogP contribution in [0.1, 0.15) is 51.9 Å². The zero-order valence-corrected chi connectivity index (χ0v) is 11.0. The Morgan fingerprint density at radius 2 is 1.69 bits per heavy atom. The largest absolute Gasteiger partial charge is 0.329 e. The first-order chi connectivity index (χ1) is 7.74. The molecule has 2 aliphatic carbocycles. The minimum Gasteiger partial charge on any atom is -0.329 e. The van der Waals surface area contributed by atoms with Gasteiger partial charge in [-0.05, 0) is 51.5 Å². The van der Waals surface area contributed by atoms with Crippen molar-refractivity contribution in [2.45, 2.75) is 64.0 Å². The third kappa shape index (κ3) is 2.78. The highest BCUT2D eigenvalue weighted by Crippen LogP contribution is 2.37. The first-order valence-electron chi connectivity index (χ1n) is 7.16. The van der Waals surface area contributed by atoms with Crippen molar-refractivity contribution in [2.24, 2.45) is 17.6 Å². The van der Waals surface area contributed by atoms with Crippen molar-refractivity contribution in [1.29, 1.82) is 0 Å². The van der Waals surface area contributed by atoms with Crippen molar-refractivity contribution in [1.82, 2.24) is 4.90 Å². The number of nitrogens with zero attached hydrogens (tertiary/aromatic N) is 1. The van der Waals surface area contributed by atoms with Crippen LogP contribution in [0.2, 0.25) is 0 Å². The molecule has 2 nitrogen and oxygen atoms in total. The highest BCUT2D eigenvalue weighted by atomic mass is 15.2. The quantitative estimate of drug-likeness (QED) is 0.778. The highest BCUT2D eigenvalue weighted by Gasteiger charge is 2.35. The SMILES string of the molecule is CC(C1CC1)N(C)C(CN)C1CCCCC1. The maximum absolute atomic E-state index is 6.02. The van der Waals surface area contributed by atoms with Crippen molar-refractivity contribution in [3.05, 3.63) is 0 Å². The summed E-state index contributed by atoms with van der Waals surface area (Å²) in [6, 6.07) is 1.38. The summed E-state index contributed by atoms with van der Waals surface area (Å²) >= 11 is 0. The van der Waals surface area contributed by atoms with E-state index in [0.717, 1.165) is 24.4 Å². The van der Waals surface area contributed by atoms with E-state index in [2.05, 4.69) is 18.9 Å². The molecule has 2 saturated carbocycles. The van der Waals surface area contributed by atoms with Gasteiger partial charge in [-0.1, -0.05) is 19.3 Å². The average Bonchev–Trinajstić information content (AvgIpc) is 3.14. The maximum Gasteiger partial charge on any atom is 0.0246 e. The van der Waals surface area contributed by atoms with Gasteiger partial charge in [-0.2, -0.15) is 0 Å². The summed E-state index contributed by atoms with van der Waals surface area (Å²) in [5, 5.41) is 0. The topological polar surface area (TPSA) is 29.3 Å². The zero-order valence-electron chi connectivity index (χ0n) is 11.0. The van der Waals surface area contributed by atoms with Crippen LogP contribution in [0.15, 0.2) is 0 Å². The van der Waals surface area contributed by atoms with Gasteiger partial charge in [0.15, 0.2) is 0 Å². The van der Waals surface area contributed by atoms with Gasteiger partial charge in [-0.3, -0.25) is 4.90 Å². The van der Waals surface area contributed by atoms with E-state index in [1.165, 1.54) is 44.9 Å². The van der Waals surface area contributed by atoms with E-state index >= 15 is 0 Å². The summed E-state index contributed by atoms with van der Waals surface area (Å²) in [5.41, 5.74) is 6.02. The third-order valence-corrected chi connectivity index (χ3v) is 4.91. The minimum absolute atomic E-state index is 0.635. The third-order valence-electron chi connectivity index (χ3n) is 4.91. The average molecular weight is 224 g/mol. The van der Waals surface area contributed by atoms with E-state index in [4.69, 9.17) is 5.73 Å². The molecule has 0 aromatic heterocycles. The number of likely N-dealkylation sites (N-methyl/N-ethyl adjacent to an activating group) is 1. The monoisotopic (exact) mass is 224 g/mol. The maximum atomic E-state index is 6.02. The molecule has 0 radical (unpaired) electrons. The molecule has 2 unspecified atom stereocenters. The Kier molecular flexibility index (Phi) is 4.26. The molecule has 0 heterocycles. The van der Waals surface area contributed by atoms with E-state index in [1.54, 1.807) is 0 Å². The van der Waals surface area contributed by atoms with Crippen molar-refractivity contribution >= 4 is 0 Å². The van der Waals surface area contributed by atoms with Crippen LogP contribution in [0.3, 0.4) is 0 Å². The molecule has 2 atom stereocenters. The Hall–Kier alpha value is -0.0800. The van der Waals surface area contributed by atoms with E-state index in [-0.39, 0.29) is 0 Å². The van der Waals surface area contributed by atoms with Crippen LogP contribution in [0.25, 0.3) is 0 Å². The molecule has 0 spiro atoms. The molecule has 16 heavy (non-hydrogen) atoms.